The summed E-state index contributed by atoms with van der Waals surface area (Å²) in [6, 6.07) is 3.86. The highest BCUT2D eigenvalue weighted by Crippen LogP contribution is 2.25. The number of hydrogen-bond acceptors (Lipinski definition) is 5. The molecular formula is C12H17N3O4. The minimum atomic E-state index is -0.629. The summed E-state index contributed by atoms with van der Waals surface area (Å²) in [4.78, 5) is 20.4. The van der Waals surface area contributed by atoms with E-state index in [1.165, 1.54) is 12.1 Å². The molecule has 0 aliphatic rings. The van der Waals surface area contributed by atoms with Gasteiger partial charge in [0, 0.05) is 17.7 Å². The molecule has 0 fully saturated rings. The lowest BCUT2D eigenvalue weighted by Gasteiger charge is -2.13. The standard InChI is InChI=1S/C12H17N3O4/c1-3-6-13-9(2)7-10-4-5-11(14(16)17)8-12(10)15(18)19/h4-5,8-9,13H,3,6-7H2,1-2H3. The van der Waals surface area contributed by atoms with Crippen LogP contribution in [0.4, 0.5) is 11.4 Å². The zero-order valence-corrected chi connectivity index (χ0v) is 11.0. The second-order valence-electron chi connectivity index (χ2n) is 4.39. The minimum absolute atomic E-state index is 0.0834. The largest absolute Gasteiger partial charge is 0.314 e. The Balaban J connectivity index is 2.94. The summed E-state index contributed by atoms with van der Waals surface area (Å²) in [6.45, 7) is 4.80. The minimum Gasteiger partial charge on any atom is -0.314 e. The van der Waals surface area contributed by atoms with E-state index in [1.807, 2.05) is 13.8 Å². The summed E-state index contributed by atoms with van der Waals surface area (Å²) in [5.74, 6) is 0. The molecule has 0 saturated heterocycles. The molecule has 0 saturated carbocycles. The monoisotopic (exact) mass is 267 g/mol. The lowest BCUT2D eigenvalue weighted by molar-refractivity contribution is -0.394. The Kier molecular flexibility index (Phi) is 5.37. The van der Waals surface area contributed by atoms with Crippen molar-refractivity contribution in [1.82, 2.24) is 5.32 Å². The van der Waals surface area contributed by atoms with Crippen LogP contribution >= 0.6 is 0 Å². The number of benzene rings is 1. The predicted molar refractivity (Wildman–Crippen MR) is 71.2 cm³/mol. The second-order valence-corrected chi connectivity index (χ2v) is 4.39. The van der Waals surface area contributed by atoms with Crippen molar-refractivity contribution in [3.63, 3.8) is 0 Å². The Morgan fingerprint density at radius 3 is 2.47 bits per heavy atom. The number of nitro benzene ring substituents is 2. The van der Waals surface area contributed by atoms with E-state index in [2.05, 4.69) is 5.32 Å². The van der Waals surface area contributed by atoms with Crippen LogP contribution in [0, 0.1) is 20.2 Å². The molecule has 7 nitrogen and oxygen atoms in total. The smallest absolute Gasteiger partial charge is 0.279 e. The number of non-ortho nitro benzene ring substituents is 1. The number of rotatable bonds is 7. The average molecular weight is 267 g/mol. The van der Waals surface area contributed by atoms with Crippen molar-refractivity contribution in [2.75, 3.05) is 6.54 Å². The molecule has 1 unspecified atom stereocenters. The number of nitrogens with one attached hydrogen (secondary N) is 1. The third-order valence-electron chi connectivity index (χ3n) is 2.75. The van der Waals surface area contributed by atoms with Gasteiger partial charge in [-0.3, -0.25) is 20.2 Å². The summed E-state index contributed by atoms with van der Waals surface area (Å²) in [5, 5.41) is 24.8. The average Bonchev–Trinajstić information content (AvgIpc) is 2.36. The summed E-state index contributed by atoms with van der Waals surface area (Å²) < 4.78 is 0. The Morgan fingerprint density at radius 1 is 1.26 bits per heavy atom. The van der Waals surface area contributed by atoms with Crippen LogP contribution in [0.25, 0.3) is 0 Å². The summed E-state index contributed by atoms with van der Waals surface area (Å²) in [5.41, 5.74) is 0.0515. The summed E-state index contributed by atoms with van der Waals surface area (Å²) >= 11 is 0. The third kappa shape index (κ3) is 4.29. The molecule has 0 heterocycles. The number of nitrogens with zero attached hydrogens (tertiary/aromatic N) is 2. The molecule has 1 atom stereocenters. The lowest BCUT2D eigenvalue weighted by atomic mass is 10.0. The van der Waals surface area contributed by atoms with Crippen LogP contribution in [0.3, 0.4) is 0 Å². The van der Waals surface area contributed by atoms with Crippen LogP contribution < -0.4 is 5.32 Å². The first kappa shape index (κ1) is 15.0. The highest BCUT2D eigenvalue weighted by molar-refractivity contribution is 5.49. The maximum Gasteiger partial charge on any atom is 0.279 e. The zero-order chi connectivity index (χ0) is 14.4. The second kappa shape index (κ2) is 6.79. The van der Waals surface area contributed by atoms with Gasteiger partial charge in [0.25, 0.3) is 11.4 Å². The number of nitro groups is 2. The highest BCUT2D eigenvalue weighted by Gasteiger charge is 2.20. The van der Waals surface area contributed by atoms with Gasteiger partial charge in [-0.1, -0.05) is 6.92 Å². The van der Waals surface area contributed by atoms with Crippen molar-refractivity contribution in [2.24, 2.45) is 0 Å². The molecule has 0 aliphatic heterocycles. The molecule has 19 heavy (non-hydrogen) atoms. The highest BCUT2D eigenvalue weighted by atomic mass is 16.6. The van der Waals surface area contributed by atoms with Gasteiger partial charge in [-0.15, -0.1) is 0 Å². The Bertz CT molecular complexity index is 476. The van der Waals surface area contributed by atoms with E-state index in [-0.39, 0.29) is 17.4 Å². The van der Waals surface area contributed by atoms with Crippen molar-refractivity contribution in [3.05, 3.63) is 44.0 Å². The van der Waals surface area contributed by atoms with Crippen molar-refractivity contribution in [2.45, 2.75) is 32.7 Å². The molecule has 0 aromatic heterocycles. The summed E-state index contributed by atoms with van der Waals surface area (Å²) in [7, 11) is 0. The van der Waals surface area contributed by atoms with Crippen molar-refractivity contribution >= 4 is 11.4 Å². The fourth-order valence-electron chi connectivity index (χ4n) is 1.80. The molecule has 0 radical (unpaired) electrons. The van der Waals surface area contributed by atoms with Crippen LogP contribution in [-0.2, 0) is 6.42 Å². The van der Waals surface area contributed by atoms with Crippen molar-refractivity contribution < 1.29 is 9.85 Å². The van der Waals surface area contributed by atoms with Gasteiger partial charge < -0.3 is 5.32 Å². The van der Waals surface area contributed by atoms with Gasteiger partial charge in [0.05, 0.1) is 15.9 Å². The molecular weight excluding hydrogens is 250 g/mol. The lowest BCUT2D eigenvalue weighted by Crippen LogP contribution is -2.28. The predicted octanol–water partition coefficient (Wildman–Crippen LogP) is 2.43. The van der Waals surface area contributed by atoms with Gasteiger partial charge in [0.1, 0.15) is 0 Å². The van der Waals surface area contributed by atoms with Crippen molar-refractivity contribution in [3.8, 4) is 0 Å². The van der Waals surface area contributed by atoms with Gasteiger partial charge in [-0.05, 0) is 32.4 Å². The van der Waals surface area contributed by atoms with Gasteiger partial charge in [0.15, 0.2) is 0 Å². The van der Waals surface area contributed by atoms with Crippen LogP contribution in [0.15, 0.2) is 18.2 Å². The first-order chi connectivity index (χ1) is 8.95. The van der Waals surface area contributed by atoms with E-state index in [0.717, 1.165) is 19.0 Å². The van der Waals surface area contributed by atoms with E-state index >= 15 is 0 Å². The van der Waals surface area contributed by atoms with Crippen LogP contribution in [0.2, 0.25) is 0 Å². The Hall–Kier alpha value is -2.02. The molecule has 1 aromatic rings. The fraction of sp³-hybridized carbons (Fsp3) is 0.500. The van der Waals surface area contributed by atoms with Crippen LogP contribution in [-0.4, -0.2) is 22.4 Å². The van der Waals surface area contributed by atoms with E-state index in [0.29, 0.717) is 12.0 Å². The molecule has 0 bridgehead atoms. The Morgan fingerprint density at radius 2 is 1.95 bits per heavy atom. The first-order valence-corrected chi connectivity index (χ1v) is 6.10. The fourth-order valence-corrected chi connectivity index (χ4v) is 1.80. The summed E-state index contributed by atoms with van der Waals surface area (Å²) in [6.07, 6.45) is 1.45. The molecule has 1 aromatic carbocycles. The van der Waals surface area contributed by atoms with Gasteiger partial charge in [-0.2, -0.15) is 0 Å². The van der Waals surface area contributed by atoms with Gasteiger partial charge in [0.2, 0.25) is 0 Å². The molecule has 0 spiro atoms. The maximum absolute atomic E-state index is 11.0. The Labute approximate surface area is 110 Å². The van der Waals surface area contributed by atoms with Gasteiger partial charge >= 0.3 is 0 Å². The maximum atomic E-state index is 11.0. The van der Waals surface area contributed by atoms with Gasteiger partial charge in [-0.25, -0.2) is 0 Å². The topological polar surface area (TPSA) is 98.3 Å². The number of hydrogen-bond donors (Lipinski definition) is 1. The third-order valence-corrected chi connectivity index (χ3v) is 2.75. The molecule has 0 aliphatic carbocycles. The van der Waals surface area contributed by atoms with E-state index < -0.39 is 9.85 Å². The van der Waals surface area contributed by atoms with Crippen molar-refractivity contribution in [1.29, 1.82) is 0 Å². The quantitative estimate of drug-likeness (QED) is 0.604. The molecule has 1 rings (SSSR count). The molecule has 7 heteroatoms. The van der Waals surface area contributed by atoms with E-state index in [9.17, 15) is 20.2 Å². The van der Waals surface area contributed by atoms with E-state index in [1.54, 1.807) is 0 Å². The molecule has 1 N–H and O–H groups in total. The molecule has 0 amide bonds. The first-order valence-electron chi connectivity index (χ1n) is 6.10. The zero-order valence-electron chi connectivity index (χ0n) is 11.0. The van der Waals surface area contributed by atoms with Crippen LogP contribution in [0.1, 0.15) is 25.8 Å². The molecule has 104 valence electrons. The normalized spacial score (nSPS) is 12.1. The SMILES string of the molecule is CCCNC(C)Cc1ccc([N+](=O)[O-])cc1[N+](=O)[O-]. The van der Waals surface area contributed by atoms with E-state index in [4.69, 9.17) is 0 Å². The van der Waals surface area contributed by atoms with Crippen LogP contribution in [0.5, 0.6) is 0 Å².